The average Bonchev–Trinajstić information content (AvgIpc) is 1.95. The third-order valence-electron chi connectivity index (χ3n) is 0.847. The van der Waals surface area contributed by atoms with Gasteiger partial charge in [0, 0.05) is 6.21 Å². The lowest BCUT2D eigenvalue weighted by Gasteiger charge is -1.82. The summed E-state index contributed by atoms with van der Waals surface area (Å²) in [5.41, 5.74) is 0. The van der Waals surface area contributed by atoms with Gasteiger partial charge in [0.15, 0.2) is 0 Å². The van der Waals surface area contributed by atoms with Crippen LogP contribution in [-0.2, 0) is 9.59 Å². The third kappa shape index (κ3) is 8.35. The number of hydrogen-bond acceptors (Lipinski definition) is 3. The Hall–Kier alpha value is -1.65. The van der Waals surface area contributed by atoms with Crippen molar-refractivity contribution < 1.29 is 19.8 Å². The summed E-state index contributed by atoms with van der Waals surface area (Å²) in [6.45, 7) is -0.294. The van der Waals surface area contributed by atoms with Crippen molar-refractivity contribution in [2.75, 3.05) is 6.54 Å². The van der Waals surface area contributed by atoms with Crippen LogP contribution in [0.15, 0.2) is 17.1 Å². The van der Waals surface area contributed by atoms with E-state index in [4.69, 9.17) is 10.2 Å². The van der Waals surface area contributed by atoms with Gasteiger partial charge in [-0.1, -0.05) is 6.08 Å². The zero-order valence-electron chi connectivity index (χ0n) is 6.30. The number of allylic oxidation sites excluding steroid dienone is 1. The van der Waals surface area contributed by atoms with E-state index in [1.165, 1.54) is 18.4 Å². The van der Waals surface area contributed by atoms with E-state index < -0.39 is 11.9 Å². The molecule has 0 aromatic carbocycles. The molecule has 0 saturated heterocycles. The summed E-state index contributed by atoms with van der Waals surface area (Å²) in [6, 6.07) is 0. The molecule has 0 aromatic heterocycles. The normalized spacial score (nSPS) is 11.0. The third-order valence-corrected chi connectivity index (χ3v) is 0.847. The van der Waals surface area contributed by atoms with Crippen molar-refractivity contribution in [1.82, 2.24) is 0 Å². The van der Waals surface area contributed by atoms with Crippen molar-refractivity contribution in [1.29, 1.82) is 0 Å². The molecule has 0 aromatic rings. The second kappa shape index (κ2) is 6.09. The first kappa shape index (κ1) is 10.3. The van der Waals surface area contributed by atoms with E-state index in [2.05, 4.69) is 4.99 Å². The Kier molecular flexibility index (Phi) is 5.25. The molecule has 12 heavy (non-hydrogen) atoms. The molecule has 0 bridgehead atoms. The van der Waals surface area contributed by atoms with Crippen molar-refractivity contribution in [3.8, 4) is 0 Å². The number of aliphatic carboxylic acids is 2. The highest BCUT2D eigenvalue weighted by atomic mass is 16.4. The van der Waals surface area contributed by atoms with Crippen LogP contribution in [0.25, 0.3) is 0 Å². The first-order valence-electron chi connectivity index (χ1n) is 3.21. The maximum absolute atomic E-state index is 9.95. The predicted octanol–water partition coefficient (Wildman–Crippen LogP) is 0.173. The van der Waals surface area contributed by atoms with Crippen molar-refractivity contribution in [3.63, 3.8) is 0 Å². The zero-order chi connectivity index (χ0) is 9.40. The highest BCUT2D eigenvalue weighted by Crippen LogP contribution is 1.80. The topological polar surface area (TPSA) is 87.0 Å². The van der Waals surface area contributed by atoms with Crippen molar-refractivity contribution in [3.05, 3.63) is 12.2 Å². The maximum atomic E-state index is 9.95. The minimum atomic E-state index is -1.02. The van der Waals surface area contributed by atoms with E-state index in [1.54, 1.807) is 0 Å². The molecule has 0 saturated carbocycles. The lowest BCUT2D eigenvalue weighted by atomic mass is 10.4. The smallest absolute Gasteiger partial charge is 0.325 e. The number of rotatable bonds is 5. The molecule has 0 fully saturated rings. The molecule has 0 heterocycles. The molecule has 66 valence electrons. The van der Waals surface area contributed by atoms with E-state index in [9.17, 15) is 9.59 Å². The second-order valence-corrected chi connectivity index (χ2v) is 1.91. The molecular formula is C7H9NO4. The predicted molar refractivity (Wildman–Crippen MR) is 42.4 cm³/mol. The van der Waals surface area contributed by atoms with E-state index in [1.807, 2.05) is 0 Å². The highest BCUT2D eigenvalue weighted by Gasteiger charge is 1.89. The van der Waals surface area contributed by atoms with Crippen LogP contribution in [0.5, 0.6) is 0 Å². The number of carbonyl (C=O) groups is 2. The quantitative estimate of drug-likeness (QED) is 0.577. The monoisotopic (exact) mass is 171 g/mol. The maximum Gasteiger partial charge on any atom is 0.325 e. The van der Waals surface area contributed by atoms with Crippen LogP contribution in [0.1, 0.15) is 6.42 Å². The van der Waals surface area contributed by atoms with Crippen LogP contribution < -0.4 is 0 Å². The molecule has 0 aliphatic rings. The Labute approximate surface area is 69.0 Å². The zero-order valence-corrected chi connectivity index (χ0v) is 6.30. The first-order chi connectivity index (χ1) is 5.63. The van der Waals surface area contributed by atoms with Crippen LogP contribution in [0.4, 0.5) is 0 Å². The lowest BCUT2D eigenvalue weighted by Crippen LogP contribution is -1.98. The van der Waals surface area contributed by atoms with Gasteiger partial charge in [-0.05, 0) is 6.08 Å². The van der Waals surface area contributed by atoms with Crippen LogP contribution >= 0.6 is 0 Å². The van der Waals surface area contributed by atoms with Gasteiger partial charge in [-0.15, -0.1) is 0 Å². The standard InChI is InChI=1S/C7H9NO4/c9-6(10)3-1-2-4-8-5-7(11)12/h1-2,4H,3,5H2,(H,9,10)(H,11,12)/b2-1-,8-4?. The van der Waals surface area contributed by atoms with E-state index >= 15 is 0 Å². The second-order valence-electron chi connectivity index (χ2n) is 1.91. The van der Waals surface area contributed by atoms with Gasteiger partial charge < -0.3 is 10.2 Å². The molecule has 5 nitrogen and oxygen atoms in total. The summed E-state index contributed by atoms with van der Waals surface area (Å²) in [6.07, 6.45) is 3.96. The molecule has 0 aliphatic carbocycles. The molecule has 0 aliphatic heterocycles. The van der Waals surface area contributed by atoms with Gasteiger partial charge in [0.25, 0.3) is 0 Å². The van der Waals surface area contributed by atoms with Gasteiger partial charge in [-0.2, -0.15) is 0 Å². The average molecular weight is 171 g/mol. The van der Waals surface area contributed by atoms with Gasteiger partial charge in [0.05, 0.1) is 6.42 Å². The van der Waals surface area contributed by atoms with E-state index in [0.717, 1.165) is 0 Å². The molecule has 0 spiro atoms. The van der Waals surface area contributed by atoms with Crippen LogP contribution in [-0.4, -0.2) is 34.9 Å². The van der Waals surface area contributed by atoms with Gasteiger partial charge in [-0.25, -0.2) is 0 Å². The molecule has 0 atom stereocenters. The number of hydrogen-bond donors (Lipinski definition) is 2. The van der Waals surface area contributed by atoms with Gasteiger partial charge in [-0.3, -0.25) is 14.6 Å². The largest absolute Gasteiger partial charge is 0.481 e. The first-order valence-corrected chi connectivity index (χ1v) is 3.21. The molecule has 0 rings (SSSR count). The Balaban J connectivity index is 3.52. The van der Waals surface area contributed by atoms with Gasteiger partial charge in [0.2, 0.25) is 0 Å². The molecule has 0 unspecified atom stereocenters. The van der Waals surface area contributed by atoms with Crippen molar-refractivity contribution in [2.45, 2.75) is 6.42 Å². The Morgan fingerprint density at radius 2 is 1.92 bits per heavy atom. The van der Waals surface area contributed by atoms with E-state index in [-0.39, 0.29) is 13.0 Å². The van der Waals surface area contributed by atoms with Crippen molar-refractivity contribution in [2.24, 2.45) is 4.99 Å². The number of carboxylic acid groups (broad SMARTS) is 2. The Morgan fingerprint density at radius 1 is 1.25 bits per heavy atom. The Bertz CT molecular complexity index is 195. The van der Waals surface area contributed by atoms with E-state index in [0.29, 0.717) is 0 Å². The summed E-state index contributed by atoms with van der Waals surface area (Å²) >= 11 is 0. The van der Waals surface area contributed by atoms with Crippen LogP contribution in [0.2, 0.25) is 0 Å². The fourth-order valence-corrected chi connectivity index (χ4v) is 0.421. The highest BCUT2D eigenvalue weighted by molar-refractivity contribution is 5.77. The molecule has 5 heteroatoms. The number of aliphatic imine (C=N–C) groups is 1. The summed E-state index contributed by atoms with van der Waals surface area (Å²) in [4.78, 5) is 23.3. The fourth-order valence-electron chi connectivity index (χ4n) is 0.421. The van der Waals surface area contributed by atoms with Gasteiger partial charge >= 0.3 is 11.9 Å². The molecule has 2 N–H and O–H groups in total. The SMILES string of the molecule is O=C(O)C/C=C\C=NCC(=O)O. The van der Waals surface area contributed by atoms with Crippen molar-refractivity contribution >= 4 is 18.2 Å². The Morgan fingerprint density at radius 3 is 2.42 bits per heavy atom. The molecule has 0 amide bonds. The number of carboxylic acids is 2. The lowest BCUT2D eigenvalue weighted by molar-refractivity contribution is -0.136. The summed E-state index contributed by atoms with van der Waals surface area (Å²) in [5, 5.41) is 16.3. The number of nitrogens with zero attached hydrogens (tertiary/aromatic N) is 1. The minimum absolute atomic E-state index is 0.0842. The summed E-state index contributed by atoms with van der Waals surface area (Å²) in [7, 11) is 0. The fraction of sp³-hybridized carbons (Fsp3) is 0.286. The van der Waals surface area contributed by atoms with Crippen LogP contribution in [0.3, 0.4) is 0 Å². The molecular weight excluding hydrogens is 162 g/mol. The molecule has 0 radical (unpaired) electrons. The summed E-state index contributed by atoms with van der Waals surface area (Å²) in [5.74, 6) is -1.95. The minimum Gasteiger partial charge on any atom is -0.481 e. The summed E-state index contributed by atoms with van der Waals surface area (Å²) < 4.78 is 0. The van der Waals surface area contributed by atoms with Crippen LogP contribution in [0, 0.1) is 0 Å². The van der Waals surface area contributed by atoms with Gasteiger partial charge in [0.1, 0.15) is 6.54 Å².